The van der Waals surface area contributed by atoms with Gasteiger partial charge >= 0.3 is 41.7 Å². The predicted octanol–water partition coefficient (Wildman–Crippen LogP) is -1.62. The molecule has 0 heterocycles. The average Bonchev–Trinajstić information content (AvgIpc) is 2.16. The summed E-state index contributed by atoms with van der Waals surface area (Å²) in [4.78, 5) is 0. The molecule has 0 saturated carbocycles. The van der Waals surface area contributed by atoms with E-state index in [1.807, 2.05) is 0 Å². The van der Waals surface area contributed by atoms with Crippen LogP contribution in [-0.4, -0.2) is 56.9 Å². The average molecular weight is 479 g/mol. The van der Waals surface area contributed by atoms with Gasteiger partial charge in [-0.25, -0.2) is 38.4 Å². The zero-order chi connectivity index (χ0) is 15.6. The Morgan fingerprint density at radius 3 is 0.632 bits per heavy atom. The van der Waals surface area contributed by atoms with Crippen molar-refractivity contribution < 1.29 is 93.8 Å². The van der Waals surface area contributed by atoms with Crippen LogP contribution in [0.25, 0.3) is 0 Å². The summed E-state index contributed by atoms with van der Waals surface area (Å²) in [6.07, 6.45) is 0. The molecule has 0 saturated heterocycles. The van der Waals surface area contributed by atoms with Crippen LogP contribution < -0.4 is 0 Å². The van der Waals surface area contributed by atoms with Crippen molar-refractivity contribution in [2.24, 2.45) is 0 Å². The number of hydrogen-bond acceptors (Lipinski definition) is 9. The summed E-state index contributed by atoms with van der Waals surface area (Å²) in [5.41, 5.74) is 0. The van der Waals surface area contributed by atoms with E-state index in [-0.39, 0.29) is 41.7 Å². The molecular formula is C3H6CeF3O9S3. The molecule has 1 radical (unpaired) electrons. The summed E-state index contributed by atoms with van der Waals surface area (Å²) in [7, 11) is -13.7. The van der Waals surface area contributed by atoms with Crippen molar-refractivity contribution in [2.45, 2.75) is 0 Å². The summed E-state index contributed by atoms with van der Waals surface area (Å²) in [6.45, 7) is 0. The quantitative estimate of drug-likeness (QED) is 0.431. The molecule has 0 fully saturated rings. The monoisotopic (exact) mass is 479 g/mol. The molecule has 0 aliphatic carbocycles. The molecule has 0 amide bonds. The Bertz CT molecular complexity index is 420. The minimum atomic E-state index is -4.58. The van der Waals surface area contributed by atoms with E-state index in [0.717, 1.165) is 0 Å². The second-order valence-corrected chi connectivity index (χ2v) is 6.00. The van der Waals surface area contributed by atoms with Gasteiger partial charge in [0.1, 0.15) is 30.4 Å². The number of alkyl halides is 3. The van der Waals surface area contributed by atoms with E-state index in [1.54, 1.807) is 0 Å². The van der Waals surface area contributed by atoms with Crippen LogP contribution in [0.3, 0.4) is 0 Å². The number of halogens is 3. The molecule has 0 rings (SSSR count). The van der Waals surface area contributed by atoms with Crippen molar-refractivity contribution in [3.05, 3.63) is 0 Å². The number of hydrogen-bond donors (Lipinski definition) is 0. The Kier molecular flexibility index (Phi) is 18.7. The molecule has 0 bridgehead atoms. The molecule has 16 heteroatoms. The SMILES string of the molecule is O=S(=O)([O-])CF.O=S(=O)([O-])CF.O=S(=O)([O-])CF.[Ce+3]. The van der Waals surface area contributed by atoms with Crippen molar-refractivity contribution in [2.75, 3.05) is 18.0 Å². The van der Waals surface area contributed by atoms with Gasteiger partial charge in [0, 0.05) is 0 Å². The second-order valence-electron chi connectivity index (χ2n) is 2.00. The summed E-state index contributed by atoms with van der Waals surface area (Å²) < 4.78 is 113. The predicted molar refractivity (Wildman–Crippen MR) is 47.0 cm³/mol. The maximum Gasteiger partial charge on any atom is 3.00 e. The molecule has 0 unspecified atom stereocenters. The molecule has 0 aromatic heterocycles. The van der Waals surface area contributed by atoms with E-state index < -0.39 is 48.4 Å². The van der Waals surface area contributed by atoms with E-state index in [2.05, 4.69) is 0 Å². The van der Waals surface area contributed by atoms with Gasteiger partial charge in [-0.1, -0.05) is 0 Å². The molecule has 0 aliphatic heterocycles. The molecule has 0 atom stereocenters. The van der Waals surface area contributed by atoms with Crippen LogP contribution in [0.15, 0.2) is 0 Å². The summed E-state index contributed by atoms with van der Waals surface area (Å²) in [5, 5.41) is 0. The molecule has 115 valence electrons. The van der Waals surface area contributed by atoms with Crippen molar-refractivity contribution >= 4 is 30.4 Å². The molecular weight excluding hydrogens is 473 g/mol. The minimum absolute atomic E-state index is 0. The topological polar surface area (TPSA) is 172 Å². The first-order valence-corrected chi connectivity index (χ1v) is 7.90. The van der Waals surface area contributed by atoms with Gasteiger partial charge in [-0.05, 0) is 0 Å². The first-order valence-electron chi connectivity index (χ1n) is 3.17. The third kappa shape index (κ3) is 55.1. The standard InChI is InChI=1S/3CH3FO3S.Ce/c3*2-1-6(3,4)5;/h3*1H2,(H,3,4,5);/q;;;+3/p-3. The van der Waals surface area contributed by atoms with Crippen LogP contribution in [0.1, 0.15) is 0 Å². The van der Waals surface area contributed by atoms with Gasteiger partial charge in [-0.2, -0.15) is 0 Å². The van der Waals surface area contributed by atoms with E-state index in [1.165, 1.54) is 0 Å². The van der Waals surface area contributed by atoms with E-state index in [9.17, 15) is 13.2 Å². The van der Waals surface area contributed by atoms with Crippen molar-refractivity contribution in [1.29, 1.82) is 0 Å². The van der Waals surface area contributed by atoms with Crippen LogP contribution in [0.5, 0.6) is 0 Å². The van der Waals surface area contributed by atoms with Crippen LogP contribution in [-0.2, 0) is 30.4 Å². The first kappa shape index (κ1) is 28.1. The third-order valence-corrected chi connectivity index (χ3v) is 1.20. The van der Waals surface area contributed by atoms with Gasteiger partial charge < -0.3 is 13.7 Å². The molecule has 0 N–H and O–H groups in total. The van der Waals surface area contributed by atoms with Gasteiger partial charge in [0.15, 0.2) is 18.0 Å². The second kappa shape index (κ2) is 12.6. The molecule has 9 nitrogen and oxygen atoms in total. The largest absolute Gasteiger partial charge is 3.00 e. The zero-order valence-corrected chi connectivity index (χ0v) is 14.2. The van der Waals surface area contributed by atoms with Crippen LogP contribution in [0.2, 0.25) is 0 Å². The summed E-state index contributed by atoms with van der Waals surface area (Å²) in [6, 6.07) is -5.44. The van der Waals surface area contributed by atoms with Crippen molar-refractivity contribution in [3.8, 4) is 0 Å². The minimum Gasteiger partial charge on any atom is -0.746 e. The maximum atomic E-state index is 10.6. The smallest absolute Gasteiger partial charge is 0.746 e. The Hall–Kier alpha value is 0.897. The van der Waals surface area contributed by atoms with Crippen molar-refractivity contribution in [1.82, 2.24) is 0 Å². The van der Waals surface area contributed by atoms with Gasteiger partial charge in [0.2, 0.25) is 0 Å². The Morgan fingerprint density at radius 2 is 0.632 bits per heavy atom. The zero-order valence-electron chi connectivity index (χ0n) is 8.65. The van der Waals surface area contributed by atoms with Crippen LogP contribution in [0.4, 0.5) is 13.2 Å². The van der Waals surface area contributed by atoms with Crippen molar-refractivity contribution in [3.63, 3.8) is 0 Å². The fraction of sp³-hybridized carbons (Fsp3) is 1.00. The molecule has 0 aromatic rings. The molecule has 0 aliphatic rings. The molecule has 0 aromatic carbocycles. The van der Waals surface area contributed by atoms with Crippen LogP contribution in [0, 0.1) is 41.7 Å². The Labute approximate surface area is 141 Å². The fourth-order valence-corrected chi connectivity index (χ4v) is 0. The summed E-state index contributed by atoms with van der Waals surface area (Å²) in [5.74, 6) is 0. The van der Waals surface area contributed by atoms with Gasteiger partial charge in [-0.15, -0.1) is 0 Å². The number of rotatable bonds is 3. The van der Waals surface area contributed by atoms with Crippen LogP contribution >= 0.6 is 0 Å². The third-order valence-electron chi connectivity index (χ3n) is 0.401. The van der Waals surface area contributed by atoms with E-state index in [4.69, 9.17) is 38.9 Å². The normalized spacial score (nSPS) is 11.1. The first-order chi connectivity index (χ1) is 7.68. The molecule has 0 spiro atoms. The summed E-state index contributed by atoms with van der Waals surface area (Å²) >= 11 is 0. The Balaban J connectivity index is -0.0000000865. The van der Waals surface area contributed by atoms with Gasteiger partial charge in [0.25, 0.3) is 0 Å². The Morgan fingerprint density at radius 1 is 0.579 bits per heavy atom. The van der Waals surface area contributed by atoms with Gasteiger partial charge in [0.05, 0.1) is 0 Å². The van der Waals surface area contributed by atoms with E-state index in [0.29, 0.717) is 0 Å². The maximum absolute atomic E-state index is 10.6. The van der Waals surface area contributed by atoms with Gasteiger partial charge in [-0.3, -0.25) is 0 Å². The molecule has 19 heavy (non-hydrogen) atoms. The fourth-order valence-electron chi connectivity index (χ4n) is 0. The van der Waals surface area contributed by atoms with E-state index >= 15 is 0 Å².